The van der Waals surface area contributed by atoms with Gasteiger partial charge in [-0.1, -0.05) is 11.6 Å². The van der Waals surface area contributed by atoms with E-state index in [0.29, 0.717) is 5.02 Å². The maximum Gasteiger partial charge on any atom is 0.262 e. The van der Waals surface area contributed by atoms with Crippen LogP contribution in [-0.2, 0) is 11.2 Å². The molecule has 134 valence electrons. The number of aromatic hydroxyl groups is 1. The van der Waals surface area contributed by atoms with Gasteiger partial charge < -0.3 is 10.8 Å². The Kier molecular flexibility index (Phi) is 4.41. The van der Waals surface area contributed by atoms with Crippen molar-refractivity contribution in [3.05, 3.63) is 63.8 Å². The molecule has 0 atom stereocenters. The molecule has 0 unspecified atom stereocenters. The first-order valence-corrected chi connectivity index (χ1v) is 7.89. The summed E-state index contributed by atoms with van der Waals surface area (Å²) in [5, 5.41) is 9.78. The van der Waals surface area contributed by atoms with E-state index in [1.54, 1.807) is 0 Å². The maximum atomic E-state index is 14.5. The zero-order valence-corrected chi connectivity index (χ0v) is 14.3. The summed E-state index contributed by atoms with van der Waals surface area (Å²) in [6, 6.07) is 6.80. The van der Waals surface area contributed by atoms with Crippen LogP contribution in [0.1, 0.15) is 21.6 Å². The third-order valence-corrected chi connectivity index (χ3v) is 4.39. The molecule has 3 aromatic rings. The number of fused-ring (bicyclic) bond motifs is 1. The fourth-order valence-corrected chi connectivity index (χ4v) is 3.06. The third-order valence-electron chi connectivity index (χ3n) is 4.13. The second kappa shape index (κ2) is 6.42. The summed E-state index contributed by atoms with van der Waals surface area (Å²) in [6.07, 6.45) is -0.370. The number of nitrogens with two attached hydrogens (primary N) is 1. The van der Waals surface area contributed by atoms with Crippen LogP contribution >= 0.6 is 11.6 Å². The maximum absolute atomic E-state index is 14.5. The van der Waals surface area contributed by atoms with Crippen LogP contribution in [0.3, 0.4) is 0 Å². The number of carbonyl (C=O) groups excluding carboxylic acids is 2. The fourth-order valence-electron chi connectivity index (χ4n) is 2.93. The number of rotatable bonds is 3. The molecular formula is C18H13ClF2N2O3. The molecule has 0 aliphatic carbocycles. The molecule has 5 nitrogen and oxygen atoms in total. The van der Waals surface area contributed by atoms with Crippen molar-refractivity contribution in [3.63, 3.8) is 0 Å². The largest absolute Gasteiger partial charge is 0.503 e. The Hall–Kier alpha value is -2.93. The molecule has 3 N–H and O–H groups in total. The predicted molar refractivity (Wildman–Crippen MR) is 92.3 cm³/mol. The average Bonchev–Trinajstić information content (AvgIpc) is 2.84. The Labute approximate surface area is 151 Å². The Bertz CT molecular complexity index is 1060. The van der Waals surface area contributed by atoms with Gasteiger partial charge in [0.2, 0.25) is 5.91 Å². The topological polar surface area (TPSA) is 85.3 Å². The molecular weight excluding hydrogens is 366 g/mol. The zero-order valence-electron chi connectivity index (χ0n) is 13.5. The van der Waals surface area contributed by atoms with Crippen LogP contribution in [0.4, 0.5) is 8.78 Å². The molecule has 1 heterocycles. The van der Waals surface area contributed by atoms with E-state index in [0.717, 1.165) is 10.6 Å². The minimum Gasteiger partial charge on any atom is -0.503 e. The lowest BCUT2D eigenvalue weighted by Gasteiger charge is -2.08. The number of carbonyl (C=O) groups is 2. The number of halogens is 3. The summed E-state index contributed by atoms with van der Waals surface area (Å²) in [5.74, 6) is -4.97. The average molecular weight is 379 g/mol. The normalized spacial score (nSPS) is 11.1. The molecule has 2 aromatic carbocycles. The molecule has 26 heavy (non-hydrogen) atoms. The second-order valence-electron chi connectivity index (χ2n) is 5.77. The van der Waals surface area contributed by atoms with E-state index in [-0.39, 0.29) is 34.1 Å². The van der Waals surface area contributed by atoms with Crippen LogP contribution in [0.2, 0.25) is 5.02 Å². The highest BCUT2D eigenvalue weighted by molar-refractivity contribution is 6.30. The molecule has 0 aliphatic rings. The summed E-state index contributed by atoms with van der Waals surface area (Å²) in [4.78, 5) is 24.3. The molecule has 8 heteroatoms. The predicted octanol–water partition coefficient (Wildman–Crippen LogP) is 3.30. The highest BCUT2D eigenvalue weighted by atomic mass is 35.5. The fraction of sp³-hybridized carbons (Fsp3) is 0.111. The van der Waals surface area contributed by atoms with Crippen molar-refractivity contribution >= 4 is 34.3 Å². The number of benzene rings is 2. The van der Waals surface area contributed by atoms with E-state index >= 15 is 0 Å². The standard InChI is InChI=1S/C18H13ClF2N2O3/c1-8-11(6-14(22)24)15-13(7-12(20)17(25)16(15)21)23(8)18(26)9-2-4-10(19)5-3-9/h2-5,7,25H,6H2,1H3,(H2,22,24). The molecule has 1 aromatic heterocycles. The van der Waals surface area contributed by atoms with Gasteiger partial charge in [0.05, 0.1) is 11.9 Å². The van der Waals surface area contributed by atoms with Gasteiger partial charge in [-0.05, 0) is 36.8 Å². The first-order valence-electron chi connectivity index (χ1n) is 7.51. The molecule has 0 spiro atoms. The number of primary amides is 1. The van der Waals surface area contributed by atoms with Gasteiger partial charge in [-0.2, -0.15) is 0 Å². The van der Waals surface area contributed by atoms with Crippen molar-refractivity contribution in [2.75, 3.05) is 0 Å². The first kappa shape index (κ1) is 17.9. The minimum atomic E-state index is -1.25. The number of aromatic nitrogens is 1. The highest BCUT2D eigenvalue weighted by Crippen LogP contribution is 2.35. The van der Waals surface area contributed by atoms with Crippen molar-refractivity contribution in [3.8, 4) is 5.75 Å². The Morgan fingerprint density at radius 2 is 1.85 bits per heavy atom. The highest BCUT2D eigenvalue weighted by Gasteiger charge is 2.26. The lowest BCUT2D eigenvalue weighted by Crippen LogP contribution is -2.16. The van der Waals surface area contributed by atoms with Crippen LogP contribution in [0, 0.1) is 18.6 Å². The summed E-state index contributed by atoms with van der Waals surface area (Å²) < 4.78 is 29.5. The van der Waals surface area contributed by atoms with Gasteiger partial charge in [-0.3, -0.25) is 14.2 Å². The number of hydrogen-bond acceptors (Lipinski definition) is 3. The van der Waals surface area contributed by atoms with Gasteiger partial charge in [0.15, 0.2) is 17.4 Å². The summed E-state index contributed by atoms with van der Waals surface area (Å²) in [5.41, 5.74) is 5.67. The van der Waals surface area contributed by atoms with Gasteiger partial charge >= 0.3 is 0 Å². The SMILES string of the molecule is Cc1c(CC(N)=O)c2c(F)c(O)c(F)cc2n1C(=O)c1ccc(Cl)cc1. The van der Waals surface area contributed by atoms with Crippen LogP contribution in [0.15, 0.2) is 30.3 Å². The van der Waals surface area contributed by atoms with Crippen LogP contribution < -0.4 is 5.73 Å². The zero-order chi connectivity index (χ0) is 19.2. The Balaban J connectivity index is 2.34. The minimum absolute atomic E-state index is 0.105. The second-order valence-corrected chi connectivity index (χ2v) is 6.21. The van der Waals surface area contributed by atoms with E-state index in [1.807, 2.05) is 0 Å². The van der Waals surface area contributed by atoms with E-state index in [4.69, 9.17) is 17.3 Å². The third kappa shape index (κ3) is 2.80. The summed E-state index contributed by atoms with van der Waals surface area (Å²) in [7, 11) is 0. The molecule has 0 saturated heterocycles. The molecule has 0 aliphatic heterocycles. The smallest absolute Gasteiger partial charge is 0.262 e. The number of phenolic OH excluding ortho intramolecular Hbond substituents is 1. The molecule has 0 saturated carbocycles. The number of nitrogens with zero attached hydrogens (tertiary/aromatic N) is 1. The molecule has 3 rings (SSSR count). The van der Waals surface area contributed by atoms with Crippen molar-refractivity contribution in [1.82, 2.24) is 4.57 Å². The quantitative estimate of drug-likeness (QED) is 0.733. The van der Waals surface area contributed by atoms with Crippen molar-refractivity contribution < 1.29 is 23.5 Å². The van der Waals surface area contributed by atoms with Gasteiger partial charge in [-0.25, -0.2) is 8.78 Å². The van der Waals surface area contributed by atoms with Gasteiger partial charge in [0.1, 0.15) is 0 Å². The summed E-state index contributed by atoms with van der Waals surface area (Å²) >= 11 is 5.81. The number of amides is 1. The van der Waals surface area contributed by atoms with Crippen molar-refractivity contribution in [2.45, 2.75) is 13.3 Å². The molecule has 0 bridgehead atoms. The molecule has 0 radical (unpaired) electrons. The van der Waals surface area contributed by atoms with Crippen LogP contribution in [-0.4, -0.2) is 21.5 Å². The van der Waals surface area contributed by atoms with Gasteiger partial charge in [0, 0.05) is 27.7 Å². The molecule has 0 fully saturated rings. The lowest BCUT2D eigenvalue weighted by atomic mass is 10.1. The van der Waals surface area contributed by atoms with Crippen molar-refractivity contribution in [1.29, 1.82) is 0 Å². The van der Waals surface area contributed by atoms with E-state index < -0.39 is 29.2 Å². The monoisotopic (exact) mass is 378 g/mol. The van der Waals surface area contributed by atoms with Crippen molar-refractivity contribution in [2.24, 2.45) is 5.73 Å². The van der Waals surface area contributed by atoms with E-state index in [2.05, 4.69) is 0 Å². The van der Waals surface area contributed by atoms with Crippen LogP contribution in [0.5, 0.6) is 5.75 Å². The number of phenols is 1. The van der Waals surface area contributed by atoms with Gasteiger partial charge in [-0.15, -0.1) is 0 Å². The first-order chi connectivity index (χ1) is 12.2. The Morgan fingerprint density at radius 1 is 1.23 bits per heavy atom. The summed E-state index contributed by atoms with van der Waals surface area (Å²) in [6.45, 7) is 1.49. The lowest BCUT2D eigenvalue weighted by molar-refractivity contribution is -0.117. The van der Waals surface area contributed by atoms with E-state index in [9.17, 15) is 23.5 Å². The van der Waals surface area contributed by atoms with Gasteiger partial charge in [0.25, 0.3) is 5.91 Å². The number of hydrogen-bond donors (Lipinski definition) is 2. The Morgan fingerprint density at radius 3 is 2.42 bits per heavy atom. The van der Waals surface area contributed by atoms with Crippen LogP contribution in [0.25, 0.3) is 10.9 Å². The van der Waals surface area contributed by atoms with E-state index in [1.165, 1.54) is 31.2 Å². The molecule has 1 amide bonds.